The second kappa shape index (κ2) is 10.5. The normalized spacial score (nSPS) is 16.2. The fourth-order valence-electron chi connectivity index (χ4n) is 3.27. The predicted octanol–water partition coefficient (Wildman–Crippen LogP) is 3.25. The molecule has 0 atom stereocenters. The molecule has 6 heteroatoms. The fourth-order valence-corrected chi connectivity index (χ4v) is 4.01. The van der Waals surface area contributed by atoms with Crippen molar-refractivity contribution in [2.75, 3.05) is 24.7 Å². The summed E-state index contributed by atoms with van der Waals surface area (Å²) in [5.41, 5.74) is 5.95. The summed E-state index contributed by atoms with van der Waals surface area (Å²) in [6, 6.07) is 8.01. The summed E-state index contributed by atoms with van der Waals surface area (Å²) in [5.74, 6) is -0.179. The lowest BCUT2D eigenvalue weighted by molar-refractivity contribution is -0.117. The van der Waals surface area contributed by atoms with Gasteiger partial charge in [0.05, 0.1) is 18.0 Å². The number of nitrogens with one attached hydrogen (secondary N) is 1. The number of thioether (sulfide) groups is 1. The molecule has 1 aromatic carbocycles. The van der Waals surface area contributed by atoms with Crippen LogP contribution in [0, 0.1) is 0 Å². The molecule has 0 aliphatic heterocycles. The molecule has 2 rings (SSSR count). The number of carbonyl (C=O) groups is 2. The summed E-state index contributed by atoms with van der Waals surface area (Å²) in [4.78, 5) is 26.5. The van der Waals surface area contributed by atoms with Crippen molar-refractivity contribution in [2.45, 2.75) is 55.9 Å². The molecule has 0 saturated heterocycles. The molecule has 1 aliphatic carbocycles. The smallest absolute Gasteiger partial charge is 0.238 e. The molecule has 0 spiro atoms. The Morgan fingerprint density at radius 3 is 2.48 bits per heavy atom. The van der Waals surface area contributed by atoms with Crippen LogP contribution in [0.2, 0.25) is 0 Å². The Bertz CT molecular complexity index is 572. The number of rotatable bonds is 7. The van der Waals surface area contributed by atoms with Gasteiger partial charge < -0.3 is 11.1 Å². The molecule has 0 bridgehead atoms. The number of carbonyl (C=O) groups excluding carboxylic acids is 2. The highest BCUT2D eigenvalue weighted by atomic mass is 32.2. The number of benzene rings is 1. The van der Waals surface area contributed by atoms with Crippen LogP contribution in [0.25, 0.3) is 0 Å². The quantitative estimate of drug-likeness (QED) is 0.729. The maximum atomic E-state index is 12.5. The van der Waals surface area contributed by atoms with E-state index < -0.39 is 0 Å². The summed E-state index contributed by atoms with van der Waals surface area (Å²) in [5, 5.41) is 2.98. The maximum absolute atomic E-state index is 12.5. The number of para-hydroxylation sites is 1. The SMILES string of the molecule is CN(CC(=O)Nc1ccccc1SCC(N)=O)C1CCCCCCC1. The number of nitrogens with zero attached hydrogens (tertiary/aromatic N) is 1. The van der Waals surface area contributed by atoms with Crippen molar-refractivity contribution in [3.05, 3.63) is 24.3 Å². The lowest BCUT2D eigenvalue weighted by Crippen LogP contribution is -2.38. The van der Waals surface area contributed by atoms with Gasteiger partial charge in [-0.1, -0.05) is 44.2 Å². The lowest BCUT2D eigenvalue weighted by atomic mass is 9.96. The van der Waals surface area contributed by atoms with Crippen LogP contribution in [0.4, 0.5) is 5.69 Å². The Balaban J connectivity index is 1.89. The van der Waals surface area contributed by atoms with Crippen molar-refractivity contribution in [2.24, 2.45) is 5.73 Å². The standard InChI is InChI=1S/C19H29N3O2S/c1-22(15-9-5-3-2-4-6-10-15)13-19(24)21-16-11-7-8-12-17(16)25-14-18(20)23/h7-8,11-12,15H,2-6,9-10,13-14H2,1H3,(H2,20,23)(H,21,24). The van der Waals surface area contributed by atoms with Crippen LogP contribution >= 0.6 is 11.8 Å². The van der Waals surface area contributed by atoms with Crippen molar-refractivity contribution in [3.63, 3.8) is 0 Å². The van der Waals surface area contributed by atoms with E-state index in [1.807, 2.05) is 31.3 Å². The molecule has 0 aromatic heterocycles. The zero-order valence-corrected chi connectivity index (χ0v) is 15.8. The molecule has 0 radical (unpaired) electrons. The molecule has 0 heterocycles. The van der Waals surface area contributed by atoms with E-state index in [-0.39, 0.29) is 17.6 Å². The van der Waals surface area contributed by atoms with Gasteiger partial charge in [0.25, 0.3) is 0 Å². The van der Waals surface area contributed by atoms with E-state index in [9.17, 15) is 9.59 Å². The van der Waals surface area contributed by atoms with Gasteiger partial charge in [-0.05, 0) is 32.0 Å². The highest BCUT2D eigenvalue weighted by Gasteiger charge is 2.19. The Morgan fingerprint density at radius 2 is 1.80 bits per heavy atom. The average molecular weight is 364 g/mol. The van der Waals surface area contributed by atoms with E-state index in [1.165, 1.54) is 56.7 Å². The first-order chi connectivity index (χ1) is 12.1. The van der Waals surface area contributed by atoms with Crippen LogP contribution in [-0.4, -0.2) is 42.1 Å². The van der Waals surface area contributed by atoms with Crippen LogP contribution in [0.3, 0.4) is 0 Å². The molecular formula is C19H29N3O2S. The number of likely N-dealkylation sites (N-methyl/N-ethyl adjacent to an activating group) is 1. The van der Waals surface area contributed by atoms with Crippen molar-refractivity contribution in [3.8, 4) is 0 Å². The summed E-state index contributed by atoms with van der Waals surface area (Å²) >= 11 is 1.35. The van der Waals surface area contributed by atoms with E-state index in [2.05, 4.69) is 10.2 Å². The minimum Gasteiger partial charge on any atom is -0.369 e. The molecule has 5 nitrogen and oxygen atoms in total. The molecule has 2 amide bonds. The van der Waals surface area contributed by atoms with Crippen molar-refractivity contribution < 1.29 is 9.59 Å². The molecule has 1 aliphatic rings. The average Bonchev–Trinajstić information content (AvgIpc) is 2.53. The Kier molecular flexibility index (Phi) is 8.28. The highest BCUT2D eigenvalue weighted by Crippen LogP contribution is 2.27. The van der Waals surface area contributed by atoms with Crippen molar-refractivity contribution >= 4 is 29.3 Å². The second-order valence-electron chi connectivity index (χ2n) is 6.71. The highest BCUT2D eigenvalue weighted by molar-refractivity contribution is 8.00. The van der Waals surface area contributed by atoms with Gasteiger partial charge in [-0.15, -0.1) is 11.8 Å². The van der Waals surface area contributed by atoms with Crippen LogP contribution in [0.1, 0.15) is 44.9 Å². The predicted molar refractivity (Wildman–Crippen MR) is 104 cm³/mol. The number of hydrogen-bond donors (Lipinski definition) is 2. The Hall–Kier alpha value is -1.53. The van der Waals surface area contributed by atoms with Crippen LogP contribution in [0.5, 0.6) is 0 Å². The molecule has 1 saturated carbocycles. The van der Waals surface area contributed by atoms with Gasteiger partial charge in [0, 0.05) is 10.9 Å². The molecule has 3 N–H and O–H groups in total. The number of nitrogens with two attached hydrogens (primary N) is 1. The first-order valence-corrected chi connectivity index (χ1v) is 10.0. The van der Waals surface area contributed by atoms with E-state index in [0.717, 1.165) is 10.6 Å². The number of hydrogen-bond acceptors (Lipinski definition) is 4. The van der Waals surface area contributed by atoms with Crippen molar-refractivity contribution in [1.82, 2.24) is 4.90 Å². The fraction of sp³-hybridized carbons (Fsp3) is 0.579. The van der Waals surface area contributed by atoms with Crippen molar-refractivity contribution in [1.29, 1.82) is 0 Å². The molecule has 0 unspecified atom stereocenters. The zero-order chi connectivity index (χ0) is 18.1. The van der Waals surface area contributed by atoms with Gasteiger partial charge in [0.1, 0.15) is 0 Å². The molecule has 1 aromatic rings. The first kappa shape index (κ1) is 19.8. The van der Waals surface area contributed by atoms with E-state index >= 15 is 0 Å². The summed E-state index contributed by atoms with van der Waals surface area (Å²) in [7, 11) is 2.04. The van der Waals surface area contributed by atoms with Gasteiger partial charge in [0.2, 0.25) is 11.8 Å². The number of amides is 2. The molecular weight excluding hydrogens is 334 g/mol. The maximum Gasteiger partial charge on any atom is 0.238 e. The minimum absolute atomic E-state index is 0.0170. The van der Waals surface area contributed by atoms with E-state index in [1.54, 1.807) is 0 Å². The largest absolute Gasteiger partial charge is 0.369 e. The van der Waals surface area contributed by atoms with Gasteiger partial charge in [0.15, 0.2) is 0 Å². The van der Waals surface area contributed by atoms with E-state index in [0.29, 0.717) is 12.6 Å². The lowest BCUT2D eigenvalue weighted by Gasteiger charge is -2.29. The number of primary amides is 1. The van der Waals surface area contributed by atoms with Gasteiger partial charge in [-0.2, -0.15) is 0 Å². The molecule has 1 fully saturated rings. The van der Waals surface area contributed by atoms with Crippen LogP contribution < -0.4 is 11.1 Å². The van der Waals surface area contributed by atoms with Gasteiger partial charge in [-0.25, -0.2) is 0 Å². The topological polar surface area (TPSA) is 75.4 Å². The third-order valence-electron chi connectivity index (χ3n) is 4.62. The Morgan fingerprint density at radius 1 is 1.16 bits per heavy atom. The van der Waals surface area contributed by atoms with Crippen LogP contribution in [-0.2, 0) is 9.59 Å². The third-order valence-corrected chi connectivity index (χ3v) is 5.72. The molecule has 25 heavy (non-hydrogen) atoms. The van der Waals surface area contributed by atoms with Gasteiger partial charge in [-0.3, -0.25) is 14.5 Å². The zero-order valence-electron chi connectivity index (χ0n) is 15.0. The first-order valence-electron chi connectivity index (χ1n) is 9.06. The minimum atomic E-state index is -0.366. The third kappa shape index (κ3) is 7.08. The number of anilines is 1. The molecule has 138 valence electrons. The van der Waals surface area contributed by atoms with E-state index in [4.69, 9.17) is 5.73 Å². The summed E-state index contributed by atoms with van der Waals surface area (Å²) < 4.78 is 0. The van der Waals surface area contributed by atoms with Gasteiger partial charge >= 0.3 is 0 Å². The Labute approximate surface area is 154 Å². The second-order valence-corrected chi connectivity index (χ2v) is 7.73. The van der Waals surface area contributed by atoms with Crippen LogP contribution in [0.15, 0.2) is 29.2 Å². The summed E-state index contributed by atoms with van der Waals surface area (Å²) in [6.07, 6.45) is 8.81. The monoisotopic (exact) mass is 363 g/mol. The summed E-state index contributed by atoms with van der Waals surface area (Å²) in [6.45, 7) is 0.388.